The maximum absolute atomic E-state index is 13.8. The van der Waals surface area contributed by atoms with Crippen LogP contribution in [-0.4, -0.2) is 24.5 Å². The number of hydrogen-bond acceptors (Lipinski definition) is 6. The number of fused-ring (bicyclic) bond motifs is 1. The number of anilines is 2. The van der Waals surface area contributed by atoms with Gasteiger partial charge in [-0.25, -0.2) is 9.96 Å². The summed E-state index contributed by atoms with van der Waals surface area (Å²) >= 11 is 0. The van der Waals surface area contributed by atoms with Gasteiger partial charge in [0.2, 0.25) is 5.91 Å². The second kappa shape index (κ2) is 10.6. The predicted molar refractivity (Wildman–Crippen MR) is 147 cm³/mol. The van der Waals surface area contributed by atoms with E-state index in [-0.39, 0.29) is 11.8 Å². The van der Waals surface area contributed by atoms with Gasteiger partial charge in [0, 0.05) is 0 Å². The fourth-order valence-corrected chi connectivity index (χ4v) is 5.22. The Kier molecular flexibility index (Phi) is 6.73. The summed E-state index contributed by atoms with van der Waals surface area (Å²) in [5.74, 6) is -0.219. The lowest BCUT2D eigenvalue weighted by atomic mass is 9.90. The molecule has 6 rings (SSSR count). The minimum absolute atomic E-state index is 0.290. The van der Waals surface area contributed by atoms with Crippen LogP contribution in [0.1, 0.15) is 24.1 Å². The zero-order valence-corrected chi connectivity index (χ0v) is 21.5. The molecule has 0 saturated carbocycles. The van der Waals surface area contributed by atoms with Crippen molar-refractivity contribution in [3.8, 4) is 11.5 Å². The molecule has 4 aromatic rings. The van der Waals surface area contributed by atoms with E-state index in [1.165, 1.54) is 4.90 Å². The molecular weight excluding hydrogens is 492 g/mol. The third-order valence-electron chi connectivity index (χ3n) is 6.99. The lowest BCUT2D eigenvalue weighted by molar-refractivity contribution is -0.126. The third kappa shape index (κ3) is 4.62. The number of rotatable bonds is 8. The number of hydrogen-bond donors (Lipinski definition) is 0. The molecule has 0 spiro atoms. The Morgan fingerprint density at radius 1 is 0.718 bits per heavy atom. The summed E-state index contributed by atoms with van der Waals surface area (Å²) in [5.41, 5.74) is 3.13. The first-order valence-electron chi connectivity index (χ1n) is 13.0. The van der Waals surface area contributed by atoms with Gasteiger partial charge in [0.1, 0.15) is 12.5 Å². The van der Waals surface area contributed by atoms with E-state index in [1.54, 1.807) is 29.3 Å². The minimum Gasteiger partial charge on any atom is -0.490 e. The predicted octanol–water partition coefficient (Wildman–Crippen LogP) is 5.72. The average Bonchev–Trinajstić information content (AvgIpc) is 3.49. The second-order valence-electron chi connectivity index (χ2n) is 9.42. The number of carbonyl (C=O) groups is 2. The normalized spacial score (nSPS) is 20.3. The minimum atomic E-state index is -0.938. The van der Waals surface area contributed by atoms with Gasteiger partial charge in [-0.1, -0.05) is 72.8 Å². The van der Waals surface area contributed by atoms with E-state index in [0.717, 1.165) is 16.8 Å². The maximum atomic E-state index is 13.8. The highest BCUT2D eigenvalue weighted by Crippen LogP contribution is 2.48. The topological polar surface area (TPSA) is 68.3 Å². The van der Waals surface area contributed by atoms with Crippen LogP contribution in [0.25, 0.3) is 0 Å². The zero-order valence-electron chi connectivity index (χ0n) is 21.5. The first kappa shape index (κ1) is 24.7. The fraction of sp³-hybridized carbons (Fsp3) is 0.188. The van der Waals surface area contributed by atoms with Crippen LogP contribution in [0.4, 0.5) is 11.4 Å². The highest BCUT2D eigenvalue weighted by molar-refractivity contribution is 6.23. The van der Waals surface area contributed by atoms with Crippen LogP contribution in [0.2, 0.25) is 0 Å². The Morgan fingerprint density at radius 3 is 2.03 bits per heavy atom. The Morgan fingerprint density at radius 2 is 1.36 bits per heavy atom. The van der Waals surface area contributed by atoms with Crippen molar-refractivity contribution in [3.05, 3.63) is 120 Å². The largest absolute Gasteiger partial charge is 0.490 e. The summed E-state index contributed by atoms with van der Waals surface area (Å²) in [6, 6.07) is 33.5. The first-order chi connectivity index (χ1) is 19.2. The molecule has 2 fully saturated rings. The monoisotopic (exact) mass is 520 g/mol. The molecule has 0 unspecified atom stereocenters. The number of imide groups is 1. The van der Waals surface area contributed by atoms with Crippen LogP contribution in [-0.2, 0) is 21.0 Å². The van der Waals surface area contributed by atoms with Crippen LogP contribution in [0.15, 0.2) is 109 Å². The molecule has 3 atom stereocenters. The van der Waals surface area contributed by atoms with E-state index in [9.17, 15) is 9.59 Å². The Labute approximate surface area is 227 Å². The summed E-state index contributed by atoms with van der Waals surface area (Å²) in [6.07, 6.45) is -0.938. The van der Waals surface area contributed by atoms with Crippen molar-refractivity contribution in [3.63, 3.8) is 0 Å². The molecule has 7 heteroatoms. The molecule has 0 bridgehead atoms. The van der Waals surface area contributed by atoms with Gasteiger partial charge in [0.25, 0.3) is 5.91 Å². The van der Waals surface area contributed by atoms with Crippen LogP contribution < -0.4 is 19.4 Å². The molecule has 2 heterocycles. The molecule has 39 heavy (non-hydrogen) atoms. The quantitative estimate of drug-likeness (QED) is 0.277. The van der Waals surface area contributed by atoms with Gasteiger partial charge in [-0.15, -0.1) is 0 Å². The molecule has 0 radical (unpaired) electrons. The number of nitrogens with zero attached hydrogens (tertiary/aromatic N) is 2. The number of hydroxylamine groups is 1. The molecule has 2 saturated heterocycles. The van der Waals surface area contributed by atoms with E-state index in [0.29, 0.717) is 30.4 Å². The fourth-order valence-electron chi connectivity index (χ4n) is 5.22. The zero-order chi connectivity index (χ0) is 26.8. The molecule has 2 amide bonds. The van der Waals surface area contributed by atoms with Gasteiger partial charge in [-0.2, -0.15) is 0 Å². The van der Waals surface area contributed by atoms with Crippen molar-refractivity contribution in [1.82, 2.24) is 0 Å². The lowest BCUT2D eigenvalue weighted by Crippen LogP contribution is -2.37. The molecule has 2 aliphatic heterocycles. The summed E-state index contributed by atoms with van der Waals surface area (Å²) in [4.78, 5) is 34.8. The van der Waals surface area contributed by atoms with E-state index in [2.05, 4.69) is 0 Å². The number of benzene rings is 4. The molecular formula is C32H28N2O5. The van der Waals surface area contributed by atoms with Crippen LogP contribution in [0, 0.1) is 5.92 Å². The summed E-state index contributed by atoms with van der Waals surface area (Å²) in [7, 11) is 0. The van der Waals surface area contributed by atoms with E-state index >= 15 is 0 Å². The lowest BCUT2D eigenvalue weighted by Gasteiger charge is -2.29. The standard InChI is InChI=1S/C32H28N2O5/c1-2-37-27-20-23(18-19-26(27)38-21-22-12-6-3-7-13-22)29-28-30(39-34(29)25-16-10-5-11-17-25)32(36)33(31(28)35)24-14-8-4-9-15-24/h3-20,28-30H,2,21H2,1H3/t28-,29-,30+/m1/s1. The van der Waals surface area contributed by atoms with Gasteiger partial charge in [0.05, 0.1) is 24.0 Å². The highest BCUT2D eigenvalue weighted by atomic mass is 16.7. The Balaban J connectivity index is 1.37. The maximum Gasteiger partial charge on any atom is 0.266 e. The van der Waals surface area contributed by atoms with Crippen LogP contribution in [0.3, 0.4) is 0 Å². The van der Waals surface area contributed by atoms with Crippen LogP contribution in [0.5, 0.6) is 11.5 Å². The Bertz CT molecular complexity index is 1460. The molecule has 0 aromatic heterocycles. The smallest absolute Gasteiger partial charge is 0.266 e. The van der Waals surface area contributed by atoms with Gasteiger partial charge in [-0.3, -0.25) is 14.4 Å². The van der Waals surface area contributed by atoms with Crippen molar-refractivity contribution in [2.24, 2.45) is 5.92 Å². The van der Waals surface area contributed by atoms with Crippen molar-refractivity contribution in [2.75, 3.05) is 16.6 Å². The summed E-state index contributed by atoms with van der Waals surface area (Å²) in [5, 5.41) is 1.68. The van der Waals surface area contributed by atoms with E-state index < -0.39 is 18.1 Å². The molecule has 4 aromatic carbocycles. The number of amides is 2. The molecule has 7 nitrogen and oxygen atoms in total. The van der Waals surface area contributed by atoms with E-state index in [4.69, 9.17) is 14.3 Å². The molecule has 0 N–H and O–H groups in total. The van der Waals surface area contributed by atoms with Crippen molar-refractivity contribution in [1.29, 1.82) is 0 Å². The SMILES string of the molecule is CCOc1cc([C@@H]2[C@H]3C(=O)N(c4ccccc4)C(=O)[C@H]3ON2c2ccccc2)ccc1OCc1ccccc1. The van der Waals surface area contributed by atoms with Crippen molar-refractivity contribution >= 4 is 23.2 Å². The number of carbonyl (C=O) groups excluding carboxylic acids is 2. The van der Waals surface area contributed by atoms with Crippen molar-refractivity contribution < 1.29 is 23.9 Å². The second-order valence-corrected chi connectivity index (χ2v) is 9.42. The van der Waals surface area contributed by atoms with Gasteiger partial charge in [-0.05, 0) is 54.4 Å². The van der Waals surface area contributed by atoms with Gasteiger partial charge >= 0.3 is 0 Å². The van der Waals surface area contributed by atoms with Crippen molar-refractivity contribution in [2.45, 2.75) is 25.7 Å². The summed E-state index contributed by atoms with van der Waals surface area (Å²) < 4.78 is 12.1. The van der Waals surface area contributed by atoms with Crippen LogP contribution >= 0.6 is 0 Å². The Hall–Kier alpha value is -4.62. The molecule has 0 aliphatic carbocycles. The van der Waals surface area contributed by atoms with Gasteiger partial charge in [0.15, 0.2) is 17.6 Å². The summed E-state index contributed by atoms with van der Waals surface area (Å²) in [6.45, 7) is 2.75. The molecule has 196 valence electrons. The number of para-hydroxylation sites is 2. The first-order valence-corrected chi connectivity index (χ1v) is 13.0. The highest BCUT2D eigenvalue weighted by Gasteiger charge is 2.60. The third-order valence-corrected chi connectivity index (χ3v) is 6.99. The average molecular weight is 521 g/mol. The number of ether oxygens (including phenoxy) is 2. The molecule has 2 aliphatic rings. The van der Waals surface area contributed by atoms with E-state index in [1.807, 2.05) is 91.9 Å². The van der Waals surface area contributed by atoms with Gasteiger partial charge < -0.3 is 9.47 Å².